The summed E-state index contributed by atoms with van der Waals surface area (Å²) in [6, 6.07) is 10.9. The molecule has 14 heavy (non-hydrogen) atoms. The Hall–Kier alpha value is -1.12. The van der Waals surface area contributed by atoms with Crippen LogP contribution in [0.4, 0.5) is 0 Å². The topological polar surface area (TPSA) is 17.1 Å². The lowest BCUT2D eigenvalue weighted by molar-refractivity contribution is 0.103. The standard InChI is InChI=1S/C11H7ClOS/c12-11-9(6-7-14-11)10(13)8-4-2-1-3-5-8/h1-7H. The van der Waals surface area contributed by atoms with Crippen LogP contribution in [-0.4, -0.2) is 5.78 Å². The number of carbonyl (C=O) groups is 1. The van der Waals surface area contributed by atoms with Gasteiger partial charge in [-0.2, -0.15) is 0 Å². The Morgan fingerprint density at radius 3 is 2.43 bits per heavy atom. The second kappa shape index (κ2) is 3.95. The van der Waals surface area contributed by atoms with Crippen LogP contribution >= 0.6 is 22.9 Å². The minimum atomic E-state index is -0.0168. The number of rotatable bonds is 2. The van der Waals surface area contributed by atoms with Gasteiger partial charge in [0, 0.05) is 5.56 Å². The van der Waals surface area contributed by atoms with Gasteiger partial charge in [0.05, 0.1) is 5.56 Å². The van der Waals surface area contributed by atoms with E-state index >= 15 is 0 Å². The van der Waals surface area contributed by atoms with Gasteiger partial charge >= 0.3 is 0 Å². The number of halogens is 1. The molecular weight excluding hydrogens is 216 g/mol. The van der Waals surface area contributed by atoms with Crippen molar-refractivity contribution < 1.29 is 4.79 Å². The fourth-order valence-electron chi connectivity index (χ4n) is 1.20. The Labute approximate surface area is 91.0 Å². The first-order valence-corrected chi connectivity index (χ1v) is 5.37. The number of hydrogen-bond acceptors (Lipinski definition) is 2. The Kier molecular flexibility index (Phi) is 2.66. The fourth-order valence-corrected chi connectivity index (χ4v) is 2.12. The van der Waals surface area contributed by atoms with E-state index < -0.39 is 0 Å². The lowest BCUT2D eigenvalue weighted by Crippen LogP contribution is -1.99. The average molecular weight is 223 g/mol. The van der Waals surface area contributed by atoms with Crippen LogP contribution in [0, 0.1) is 0 Å². The van der Waals surface area contributed by atoms with E-state index in [2.05, 4.69) is 0 Å². The molecule has 0 aliphatic heterocycles. The molecule has 0 bridgehead atoms. The lowest BCUT2D eigenvalue weighted by atomic mass is 10.1. The number of thiophene rings is 1. The molecule has 0 N–H and O–H groups in total. The highest BCUT2D eigenvalue weighted by molar-refractivity contribution is 7.14. The smallest absolute Gasteiger partial charge is 0.195 e. The molecule has 0 spiro atoms. The molecule has 3 heteroatoms. The minimum Gasteiger partial charge on any atom is -0.289 e. The Morgan fingerprint density at radius 1 is 1.14 bits per heavy atom. The van der Waals surface area contributed by atoms with Gasteiger partial charge in [0.2, 0.25) is 0 Å². The number of carbonyl (C=O) groups excluding carboxylic acids is 1. The van der Waals surface area contributed by atoms with Crippen molar-refractivity contribution in [2.75, 3.05) is 0 Å². The van der Waals surface area contributed by atoms with E-state index in [4.69, 9.17) is 11.6 Å². The van der Waals surface area contributed by atoms with E-state index in [1.807, 2.05) is 23.6 Å². The van der Waals surface area contributed by atoms with E-state index in [-0.39, 0.29) is 5.78 Å². The van der Waals surface area contributed by atoms with Gasteiger partial charge in [-0.25, -0.2) is 0 Å². The molecule has 1 heterocycles. The highest BCUT2D eigenvalue weighted by Crippen LogP contribution is 2.24. The molecule has 0 fully saturated rings. The summed E-state index contributed by atoms with van der Waals surface area (Å²) in [7, 11) is 0. The Bertz CT molecular complexity index is 447. The molecule has 0 saturated carbocycles. The largest absolute Gasteiger partial charge is 0.289 e. The summed E-state index contributed by atoms with van der Waals surface area (Å²) >= 11 is 7.25. The van der Waals surface area contributed by atoms with Crippen molar-refractivity contribution in [3.8, 4) is 0 Å². The van der Waals surface area contributed by atoms with Gasteiger partial charge in [-0.15, -0.1) is 11.3 Å². The molecule has 0 aliphatic rings. The zero-order valence-electron chi connectivity index (χ0n) is 7.24. The highest BCUT2D eigenvalue weighted by atomic mass is 35.5. The van der Waals surface area contributed by atoms with Crippen LogP contribution in [0.1, 0.15) is 15.9 Å². The van der Waals surface area contributed by atoms with Crippen LogP contribution in [0.3, 0.4) is 0 Å². The number of benzene rings is 1. The van der Waals surface area contributed by atoms with Crippen LogP contribution in [0.25, 0.3) is 0 Å². The van der Waals surface area contributed by atoms with E-state index in [1.165, 1.54) is 11.3 Å². The van der Waals surface area contributed by atoms with Crippen molar-refractivity contribution in [2.24, 2.45) is 0 Å². The van der Waals surface area contributed by atoms with Crippen molar-refractivity contribution in [1.29, 1.82) is 0 Å². The van der Waals surface area contributed by atoms with Crippen molar-refractivity contribution in [1.82, 2.24) is 0 Å². The lowest BCUT2D eigenvalue weighted by Gasteiger charge is -1.97. The molecule has 2 rings (SSSR count). The predicted molar refractivity (Wildman–Crippen MR) is 59.2 cm³/mol. The summed E-state index contributed by atoms with van der Waals surface area (Å²) in [4.78, 5) is 11.9. The first-order chi connectivity index (χ1) is 6.79. The summed E-state index contributed by atoms with van der Waals surface area (Å²) in [6.45, 7) is 0. The SMILES string of the molecule is O=C(c1ccccc1)c1ccsc1Cl. The number of hydrogen-bond donors (Lipinski definition) is 0. The summed E-state index contributed by atoms with van der Waals surface area (Å²) < 4.78 is 0.554. The molecule has 0 saturated heterocycles. The highest BCUT2D eigenvalue weighted by Gasteiger charge is 2.12. The molecule has 2 aromatic rings. The van der Waals surface area contributed by atoms with Crippen LogP contribution < -0.4 is 0 Å². The summed E-state index contributed by atoms with van der Waals surface area (Å²) in [5.74, 6) is -0.0168. The maximum atomic E-state index is 11.9. The van der Waals surface area contributed by atoms with Gasteiger partial charge in [-0.1, -0.05) is 41.9 Å². The first kappa shape index (κ1) is 9.44. The van der Waals surface area contributed by atoms with Crippen LogP contribution in [-0.2, 0) is 0 Å². The molecule has 1 aromatic heterocycles. The quantitative estimate of drug-likeness (QED) is 0.710. The normalized spacial score (nSPS) is 10.1. The summed E-state index contributed by atoms with van der Waals surface area (Å²) in [6.07, 6.45) is 0. The predicted octanol–water partition coefficient (Wildman–Crippen LogP) is 3.63. The van der Waals surface area contributed by atoms with Crippen LogP contribution in [0.2, 0.25) is 4.34 Å². The monoisotopic (exact) mass is 222 g/mol. The van der Waals surface area contributed by atoms with Gasteiger partial charge < -0.3 is 0 Å². The molecule has 1 aromatic carbocycles. The second-order valence-electron chi connectivity index (χ2n) is 2.80. The van der Waals surface area contributed by atoms with E-state index in [1.54, 1.807) is 18.2 Å². The third-order valence-electron chi connectivity index (χ3n) is 1.90. The molecule has 0 atom stereocenters. The molecule has 0 radical (unpaired) electrons. The molecule has 0 amide bonds. The van der Waals surface area contributed by atoms with Crippen molar-refractivity contribution in [2.45, 2.75) is 0 Å². The fraction of sp³-hybridized carbons (Fsp3) is 0. The zero-order chi connectivity index (χ0) is 9.97. The first-order valence-electron chi connectivity index (χ1n) is 4.12. The van der Waals surface area contributed by atoms with Gasteiger partial charge in [-0.05, 0) is 11.4 Å². The summed E-state index contributed by atoms with van der Waals surface area (Å²) in [5.41, 5.74) is 1.26. The Balaban J connectivity index is 2.39. The van der Waals surface area contributed by atoms with E-state index in [9.17, 15) is 4.79 Å². The van der Waals surface area contributed by atoms with Crippen molar-refractivity contribution in [3.05, 3.63) is 57.2 Å². The summed E-state index contributed by atoms with van der Waals surface area (Å²) in [5, 5.41) is 1.82. The van der Waals surface area contributed by atoms with E-state index in [0.717, 1.165) is 0 Å². The number of ketones is 1. The maximum absolute atomic E-state index is 11.9. The molecule has 0 aliphatic carbocycles. The van der Waals surface area contributed by atoms with Gasteiger partial charge in [0.15, 0.2) is 5.78 Å². The second-order valence-corrected chi connectivity index (χ2v) is 4.32. The minimum absolute atomic E-state index is 0.0168. The molecule has 70 valence electrons. The van der Waals surface area contributed by atoms with Crippen LogP contribution in [0.5, 0.6) is 0 Å². The Morgan fingerprint density at radius 2 is 1.86 bits per heavy atom. The van der Waals surface area contributed by atoms with Gasteiger partial charge in [0.1, 0.15) is 4.34 Å². The van der Waals surface area contributed by atoms with Crippen molar-refractivity contribution >= 4 is 28.7 Å². The van der Waals surface area contributed by atoms with Gasteiger partial charge in [0.25, 0.3) is 0 Å². The van der Waals surface area contributed by atoms with Crippen molar-refractivity contribution in [3.63, 3.8) is 0 Å². The maximum Gasteiger partial charge on any atom is 0.195 e. The average Bonchev–Trinajstić information content (AvgIpc) is 2.65. The molecule has 1 nitrogen and oxygen atoms in total. The molecular formula is C11H7ClOS. The van der Waals surface area contributed by atoms with Crippen LogP contribution in [0.15, 0.2) is 41.8 Å². The van der Waals surface area contributed by atoms with E-state index in [0.29, 0.717) is 15.5 Å². The third-order valence-corrected chi connectivity index (χ3v) is 3.07. The van der Waals surface area contributed by atoms with Gasteiger partial charge in [-0.3, -0.25) is 4.79 Å². The zero-order valence-corrected chi connectivity index (χ0v) is 8.81. The third kappa shape index (κ3) is 1.72. The molecule has 0 unspecified atom stereocenters.